The highest BCUT2D eigenvalue weighted by atomic mass is 32.2. The molecule has 186 valence electrons. The molecule has 0 aromatic heterocycles. The van der Waals surface area contributed by atoms with E-state index in [9.17, 15) is 18.2 Å². The van der Waals surface area contributed by atoms with Gasteiger partial charge >= 0.3 is 7.60 Å². The summed E-state index contributed by atoms with van der Waals surface area (Å²) in [6, 6.07) is 15.9. The molecule has 1 aliphatic rings. The standard InChI is InChI=1S/C27H27N2O5PS/c1-3-4-6-20-8-12-22(13-9-20)26-17-24(25(19-28)29-2)18-27(36(26,33)34)23-14-10-21(11-15-23)7-5-16-35(30,31)32/h8-15,17-18H,3-7,16H2,1H3,(H2,30,31,32)/b25-24-. The summed E-state index contributed by atoms with van der Waals surface area (Å²) in [5.74, 6) is 0. The molecule has 0 saturated carbocycles. The van der Waals surface area contributed by atoms with Gasteiger partial charge in [0.05, 0.1) is 28.6 Å². The Balaban J connectivity index is 2.00. The zero-order chi connectivity index (χ0) is 26.3. The molecule has 0 bridgehead atoms. The average Bonchev–Trinajstić information content (AvgIpc) is 2.84. The molecule has 36 heavy (non-hydrogen) atoms. The third-order valence-corrected chi connectivity index (χ3v) is 8.62. The van der Waals surface area contributed by atoms with Gasteiger partial charge in [0.2, 0.25) is 9.84 Å². The van der Waals surface area contributed by atoms with Crippen molar-refractivity contribution < 1.29 is 22.8 Å². The zero-order valence-electron chi connectivity index (χ0n) is 19.9. The van der Waals surface area contributed by atoms with E-state index in [2.05, 4.69) is 11.8 Å². The van der Waals surface area contributed by atoms with Crippen LogP contribution in [0.1, 0.15) is 48.4 Å². The molecule has 3 rings (SSSR count). The van der Waals surface area contributed by atoms with Gasteiger partial charge in [-0.25, -0.2) is 18.5 Å². The number of aryl methyl sites for hydroxylation is 2. The predicted molar refractivity (Wildman–Crippen MR) is 141 cm³/mol. The van der Waals surface area contributed by atoms with Crippen molar-refractivity contribution in [3.05, 3.63) is 106 Å². The second-order valence-electron chi connectivity index (χ2n) is 8.54. The van der Waals surface area contributed by atoms with Crippen LogP contribution in [0, 0.1) is 17.9 Å². The fourth-order valence-electron chi connectivity index (χ4n) is 3.91. The van der Waals surface area contributed by atoms with Crippen LogP contribution in [0.5, 0.6) is 0 Å². The Morgan fingerprint density at radius 3 is 1.81 bits per heavy atom. The number of allylic oxidation sites excluding steroid dienone is 4. The third kappa shape index (κ3) is 6.69. The van der Waals surface area contributed by atoms with Gasteiger partial charge in [0, 0.05) is 0 Å². The van der Waals surface area contributed by atoms with Gasteiger partial charge in [-0.1, -0.05) is 61.9 Å². The molecule has 0 amide bonds. The van der Waals surface area contributed by atoms with Gasteiger partial charge < -0.3 is 9.79 Å². The summed E-state index contributed by atoms with van der Waals surface area (Å²) in [5.41, 5.74) is 2.83. The topological polar surface area (TPSA) is 120 Å². The van der Waals surface area contributed by atoms with Crippen LogP contribution in [0.3, 0.4) is 0 Å². The molecule has 0 spiro atoms. The summed E-state index contributed by atoms with van der Waals surface area (Å²) in [4.78, 5) is 21.4. The highest BCUT2D eigenvalue weighted by Gasteiger charge is 2.30. The van der Waals surface area contributed by atoms with Gasteiger partial charge in [-0.05, 0) is 65.7 Å². The molecule has 9 heteroatoms. The number of hydrogen-bond donors (Lipinski definition) is 2. The van der Waals surface area contributed by atoms with Crippen molar-refractivity contribution in [2.45, 2.75) is 39.0 Å². The Morgan fingerprint density at radius 2 is 1.42 bits per heavy atom. The molecule has 0 fully saturated rings. The minimum atomic E-state index is -4.07. The molecular weight excluding hydrogens is 495 g/mol. The van der Waals surface area contributed by atoms with E-state index in [0.29, 0.717) is 24.0 Å². The van der Waals surface area contributed by atoms with Crippen molar-refractivity contribution >= 4 is 27.2 Å². The molecule has 0 aliphatic carbocycles. The summed E-state index contributed by atoms with van der Waals surface area (Å²) in [6.45, 7) is 9.45. The van der Waals surface area contributed by atoms with Gasteiger partial charge in [0.25, 0.3) is 5.70 Å². The van der Waals surface area contributed by atoms with Gasteiger partial charge in [0.1, 0.15) is 0 Å². The number of sulfone groups is 1. The minimum absolute atomic E-state index is 0.0109. The van der Waals surface area contributed by atoms with E-state index in [1.54, 1.807) is 36.4 Å². The van der Waals surface area contributed by atoms with E-state index in [4.69, 9.17) is 16.4 Å². The highest BCUT2D eigenvalue weighted by Crippen LogP contribution is 2.40. The molecule has 0 atom stereocenters. The molecule has 0 unspecified atom stereocenters. The zero-order valence-corrected chi connectivity index (χ0v) is 21.6. The molecule has 1 heterocycles. The molecule has 0 radical (unpaired) electrons. The number of rotatable bonds is 9. The Bertz CT molecular complexity index is 1430. The fraction of sp³-hybridized carbons (Fsp3) is 0.259. The maximum Gasteiger partial charge on any atom is 0.325 e. The normalized spacial score (nSPS) is 16.4. The van der Waals surface area contributed by atoms with E-state index in [0.717, 1.165) is 30.4 Å². The monoisotopic (exact) mass is 522 g/mol. The summed E-state index contributed by atoms with van der Waals surface area (Å²) in [6.07, 6.45) is 6.24. The molecular formula is C27H27N2O5PS. The molecule has 2 aromatic rings. The first-order valence-corrected chi connectivity index (χ1v) is 14.8. The van der Waals surface area contributed by atoms with E-state index >= 15 is 0 Å². The van der Waals surface area contributed by atoms with Gasteiger partial charge in [-0.15, -0.1) is 0 Å². The number of nitrogens with zero attached hydrogens (tertiary/aromatic N) is 2. The first-order valence-electron chi connectivity index (χ1n) is 11.5. The quantitative estimate of drug-likeness (QED) is 0.250. The Morgan fingerprint density at radius 1 is 0.944 bits per heavy atom. The van der Waals surface area contributed by atoms with Crippen molar-refractivity contribution in [3.8, 4) is 6.07 Å². The molecule has 7 nitrogen and oxygen atoms in total. The van der Waals surface area contributed by atoms with Crippen LogP contribution in [-0.4, -0.2) is 24.4 Å². The lowest BCUT2D eigenvalue weighted by atomic mass is 10.0. The summed E-state index contributed by atoms with van der Waals surface area (Å²) in [5, 5.41) is 9.43. The summed E-state index contributed by atoms with van der Waals surface area (Å²) in [7, 11) is -8.03. The fourth-order valence-corrected chi connectivity index (χ4v) is 6.17. The van der Waals surface area contributed by atoms with E-state index in [1.165, 1.54) is 12.2 Å². The lowest BCUT2D eigenvalue weighted by molar-refractivity contribution is 0.371. The minimum Gasteiger partial charge on any atom is -0.324 e. The molecule has 1 aliphatic heterocycles. The van der Waals surface area contributed by atoms with Crippen molar-refractivity contribution in [3.63, 3.8) is 0 Å². The number of nitriles is 1. The maximum atomic E-state index is 13.7. The Labute approximate surface area is 212 Å². The van der Waals surface area contributed by atoms with E-state index in [-0.39, 0.29) is 27.2 Å². The van der Waals surface area contributed by atoms with Gasteiger partial charge in [0.15, 0.2) is 0 Å². The van der Waals surface area contributed by atoms with Crippen molar-refractivity contribution in [2.24, 2.45) is 0 Å². The smallest absolute Gasteiger partial charge is 0.324 e. The van der Waals surface area contributed by atoms with Gasteiger partial charge in [-0.2, -0.15) is 0 Å². The molecule has 2 N–H and O–H groups in total. The van der Waals surface area contributed by atoms with Crippen LogP contribution in [0.15, 0.2) is 72.0 Å². The first-order chi connectivity index (χ1) is 17.1. The van der Waals surface area contributed by atoms with E-state index in [1.807, 2.05) is 18.2 Å². The Hall–Kier alpha value is -3.26. The van der Waals surface area contributed by atoms with Crippen LogP contribution < -0.4 is 0 Å². The second-order valence-corrected chi connectivity index (χ2v) is 12.2. The summed E-state index contributed by atoms with van der Waals surface area (Å²) >= 11 is 0. The van der Waals surface area contributed by atoms with Crippen LogP contribution in [-0.2, 0) is 27.2 Å². The van der Waals surface area contributed by atoms with Crippen molar-refractivity contribution in [2.75, 3.05) is 6.16 Å². The maximum absolute atomic E-state index is 13.7. The second kappa shape index (κ2) is 11.6. The number of benzene rings is 2. The van der Waals surface area contributed by atoms with Crippen LogP contribution in [0.4, 0.5) is 0 Å². The van der Waals surface area contributed by atoms with Crippen molar-refractivity contribution in [1.82, 2.24) is 0 Å². The predicted octanol–water partition coefficient (Wildman–Crippen LogP) is 5.65. The van der Waals surface area contributed by atoms with Crippen LogP contribution >= 0.6 is 7.60 Å². The third-order valence-electron chi connectivity index (χ3n) is 5.85. The summed E-state index contributed by atoms with van der Waals surface area (Å²) < 4.78 is 38.4. The Kier molecular flexibility index (Phi) is 8.84. The lowest BCUT2D eigenvalue weighted by Gasteiger charge is -2.19. The van der Waals surface area contributed by atoms with Gasteiger partial charge in [-0.3, -0.25) is 4.57 Å². The van der Waals surface area contributed by atoms with E-state index < -0.39 is 17.4 Å². The molecule has 0 saturated heterocycles. The number of unbranched alkanes of at least 4 members (excludes halogenated alkanes) is 1. The largest absolute Gasteiger partial charge is 0.325 e. The number of hydrogen-bond acceptors (Lipinski definition) is 4. The highest BCUT2D eigenvalue weighted by molar-refractivity contribution is 8.09. The first kappa shape index (κ1) is 27.3. The van der Waals surface area contributed by atoms with Crippen LogP contribution in [0.25, 0.3) is 14.7 Å². The van der Waals surface area contributed by atoms with Crippen molar-refractivity contribution in [1.29, 1.82) is 5.26 Å². The molecule has 2 aromatic carbocycles. The lowest BCUT2D eigenvalue weighted by Crippen LogP contribution is -2.11. The average molecular weight is 523 g/mol. The van der Waals surface area contributed by atoms with Crippen LogP contribution in [0.2, 0.25) is 0 Å². The SMILES string of the molecule is [C-]#[N+]/C(C#N)=C1/C=C(c2ccc(CCCC)cc2)S(=O)(=O)C(c2ccc(CCCP(=O)(O)O)cc2)=C1.